The third-order valence-electron chi connectivity index (χ3n) is 3.96. The van der Waals surface area contributed by atoms with E-state index >= 15 is 0 Å². The van der Waals surface area contributed by atoms with Crippen molar-refractivity contribution in [3.05, 3.63) is 70.8 Å². The van der Waals surface area contributed by atoms with Crippen LogP contribution in [0.3, 0.4) is 0 Å². The van der Waals surface area contributed by atoms with E-state index in [0.717, 1.165) is 21.6 Å². The second kappa shape index (κ2) is 7.31. The van der Waals surface area contributed by atoms with E-state index in [4.69, 9.17) is 5.73 Å². The fourth-order valence-electron chi connectivity index (χ4n) is 2.68. The molecule has 0 saturated carbocycles. The Morgan fingerprint density at radius 2 is 1.62 bits per heavy atom. The van der Waals surface area contributed by atoms with E-state index in [1.54, 1.807) is 0 Å². The number of nitrogens with two attached hydrogens (primary N) is 1. The minimum Gasteiger partial charge on any atom is -0.383 e. The Balaban J connectivity index is 2.23. The molecule has 26 heavy (non-hydrogen) atoms. The van der Waals surface area contributed by atoms with Gasteiger partial charge < -0.3 is 5.73 Å². The number of hydrogen-bond acceptors (Lipinski definition) is 5. The highest BCUT2D eigenvalue weighted by atomic mass is 32.2. The topological polar surface area (TPSA) is 86.5 Å². The minimum absolute atomic E-state index is 0.137. The van der Waals surface area contributed by atoms with Gasteiger partial charge in [-0.15, -0.1) is 0 Å². The lowest BCUT2D eigenvalue weighted by Crippen LogP contribution is -2.03. The normalized spacial score (nSPS) is 10.2. The Morgan fingerprint density at radius 1 is 0.923 bits per heavy atom. The predicted octanol–water partition coefficient (Wildman–Crippen LogP) is 4.84. The summed E-state index contributed by atoms with van der Waals surface area (Å²) in [7, 11) is 0. The molecule has 1 aromatic heterocycles. The molecule has 0 unspecified atom stereocenters. The molecule has 0 spiro atoms. The van der Waals surface area contributed by atoms with Gasteiger partial charge >= 0.3 is 0 Å². The summed E-state index contributed by atoms with van der Waals surface area (Å²) in [5.74, 6) is 0.137. The van der Waals surface area contributed by atoms with Crippen molar-refractivity contribution in [3.8, 4) is 23.3 Å². The van der Waals surface area contributed by atoms with E-state index in [1.165, 1.54) is 11.8 Å². The second-order valence-electron chi connectivity index (χ2n) is 5.94. The van der Waals surface area contributed by atoms with Crippen LogP contribution in [0.5, 0.6) is 0 Å². The van der Waals surface area contributed by atoms with Crippen molar-refractivity contribution in [2.45, 2.75) is 23.8 Å². The van der Waals surface area contributed by atoms with Crippen molar-refractivity contribution in [1.82, 2.24) is 4.98 Å². The molecule has 1 heterocycles. The second-order valence-corrected chi connectivity index (χ2v) is 7.00. The molecular formula is C21H16N4S. The zero-order valence-electron chi connectivity index (χ0n) is 14.4. The number of benzene rings is 2. The van der Waals surface area contributed by atoms with Gasteiger partial charge in [0.25, 0.3) is 0 Å². The smallest absolute Gasteiger partial charge is 0.143 e. The Morgan fingerprint density at radius 3 is 2.23 bits per heavy atom. The first kappa shape index (κ1) is 17.5. The molecule has 2 aromatic carbocycles. The number of anilines is 1. The van der Waals surface area contributed by atoms with E-state index in [1.807, 2.05) is 62.4 Å². The molecule has 4 nitrogen and oxygen atoms in total. The summed E-state index contributed by atoms with van der Waals surface area (Å²) >= 11 is 1.37. The van der Waals surface area contributed by atoms with Gasteiger partial charge in [-0.2, -0.15) is 10.5 Å². The van der Waals surface area contributed by atoms with E-state index in [-0.39, 0.29) is 11.4 Å². The minimum atomic E-state index is 0.137. The molecule has 0 amide bonds. The van der Waals surface area contributed by atoms with Crippen LogP contribution in [0.1, 0.15) is 22.3 Å². The fraction of sp³-hybridized carbons (Fsp3) is 0.0952. The molecule has 0 aliphatic carbocycles. The summed E-state index contributed by atoms with van der Waals surface area (Å²) in [6, 6.07) is 20.0. The van der Waals surface area contributed by atoms with Gasteiger partial charge in [-0.1, -0.05) is 59.3 Å². The molecule has 0 bridgehead atoms. The van der Waals surface area contributed by atoms with Crippen molar-refractivity contribution in [3.63, 3.8) is 0 Å². The Kier molecular flexibility index (Phi) is 4.93. The van der Waals surface area contributed by atoms with Crippen molar-refractivity contribution in [2.24, 2.45) is 0 Å². The maximum atomic E-state index is 9.81. The monoisotopic (exact) mass is 356 g/mol. The quantitative estimate of drug-likeness (QED) is 0.725. The summed E-state index contributed by atoms with van der Waals surface area (Å²) in [6.07, 6.45) is 0. The molecule has 0 aliphatic rings. The van der Waals surface area contributed by atoms with E-state index in [2.05, 4.69) is 17.1 Å². The molecule has 5 heteroatoms. The highest BCUT2D eigenvalue weighted by Crippen LogP contribution is 2.38. The number of nitrogens with zero attached hydrogens (tertiary/aromatic N) is 3. The highest BCUT2D eigenvalue weighted by molar-refractivity contribution is 7.99. The van der Waals surface area contributed by atoms with Crippen LogP contribution in [0, 0.1) is 36.5 Å². The third-order valence-corrected chi connectivity index (χ3v) is 4.95. The number of pyridine rings is 1. The Labute approximate surface area is 156 Å². The van der Waals surface area contributed by atoms with Gasteiger partial charge in [0.05, 0.1) is 5.56 Å². The van der Waals surface area contributed by atoms with E-state index in [9.17, 15) is 10.5 Å². The maximum absolute atomic E-state index is 9.81. The van der Waals surface area contributed by atoms with Crippen LogP contribution >= 0.6 is 11.8 Å². The maximum Gasteiger partial charge on any atom is 0.143 e. The zero-order valence-corrected chi connectivity index (χ0v) is 15.3. The van der Waals surface area contributed by atoms with Crippen molar-refractivity contribution < 1.29 is 0 Å². The van der Waals surface area contributed by atoms with Gasteiger partial charge in [-0.25, -0.2) is 4.98 Å². The lowest BCUT2D eigenvalue weighted by molar-refractivity contribution is 1.11. The molecule has 0 fully saturated rings. The number of aromatic nitrogens is 1. The third kappa shape index (κ3) is 3.39. The fourth-order valence-corrected chi connectivity index (χ4v) is 3.57. The predicted molar refractivity (Wildman–Crippen MR) is 104 cm³/mol. The average Bonchev–Trinajstić information content (AvgIpc) is 2.63. The molecule has 0 saturated heterocycles. The number of rotatable bonds is 3. The van der Waals surface area contributed by atoms with Gasteiger partial charge in [0.1, 0.15) is 28.5 Å². The first-order valence-corrected chi connectivity index (χ1v) is 8.80. The highest BCUT2D eigenvalue weighted by Gasteiger charge is 2.20. The van der Waals surface area contributed by atoms with Crippen molar-refractivity contribution in [2.75, 3.05) is 5.73 Å². The summed E-state index contributed by atoms with van der Waals surface area (Å²) in [6.45, 7) is 3.98. The Bertz CT molecular complexity index is 1060. The van der Waals surface area contributed by atoms with Gasteiger partial charge in [0, 0.05) is 10.5 Å². The van der Waals surface area contributed by atoms with Gasteiger partial charge in [-0.3, -0.25) is 0 Å². The molecular weight excluding hydrogens is 340 g/mol. The molecule has 3 aromatic rings. The number of nitriles is 2. The molecule has 3 rings (SSSR count). The largest absolute Gasteiger partial charge is 0.383 e. The summed E-state index contributed by atoms with van der Waals surface area (Å²) in [4.78, 5) is 5.29. The lowest BCUT2D eigenvalue weighted by atomic mass is 9.96. The SMILES string of the molecule is Cc1ccc(Sc2nc(N)c(C#N)c(-c3cccc(C)c3)c2C#N)cc1. The molecule has 126 valence electrons. The summed E-state index contributed by atoms with van der Waals surface area (Å²) in [5, 5.41) is 19.9. The van der Waals surface area contributed by atoms with Crippen LogP contribution in [-0.2, 0) is 0 Å². The van der Waals surface area contributed by atoms with E-state index < -0.39 is 0 Å². The van der Waals surface area contributed by atoms with Gasteiger partial charge in [-0.05, 0) is 31.5 Å². The van der Waals surface area contributed by atoms with Crippen LogP contribution in [0.15, 0.2) is 58.5 Å². The van der Waals surface area contributed by atoms with Crippen LogP contribution in [0.2, 0.25) is 0 Å². The van der Waals surface area contributed by atoms with Gasteiger partial charge in [0.15, 0.2) is 0 Å². The standard InChI is InChI=1S/C21H16N4S/c1-13-6-8-16(9-7-13)26-21-18(12-23)19(17(11-22)20(24)25-21)15-5-3-4-14(2)10-15/h3-10H,1-2H3,(H2,24,25). The molecule has 2 N–H and O–H groups in total. The van der Waals surface area contributed by atoms with Crippen LogP contribution in [0.25, 0.3) is 11.1 Å². The summed E-state index contributed by atoms with van der Waals surface area (Å²) < 4.78 is 0. The molecule has 0 aliphatic heterocycles. The Hall–Kier alpha value is -3.28. The van der Waals surface area contributed by atoms with Crippen molar-refractivity contribution in [1.29, 1.82) is 10.5 Å². The number of hydrogen-bond donors (Lipinski definition) is 1. The van der Waals surface area contributed by atoms with Crippen LogP contribution < -0.4 is 5.73 Å². The first-order chi connectivity index (χ1) is 12.5. The molecule has 0 radical (unpaired) electrons. The number of nitrogen functional groups attached to an aromatic ring is 1. The van der Waals surface area contributed by atoms with Crippen LogP contribution in [0.4, 0.5) is 5.82 Å². The first-order valence-electron chi connectivity index (χ1n) is 7.98. The van der Waals surface area contributed by atoms with Crippen LogP contribution in [-0.4, -0.2) is 4.98 Å². The number of aryl methyl sites for hydroxylation is 2. The van der Waals surface area contributed by atoms with Crippen molar-refractivity contribution >= 4 is 17.6 Å². The van der Waals surface area contributed by atoms with Gasteiger partial charge in [0.2, 0.25) is 0 Å². The zero-order chi connectivity index (χ0) is 18.7. The average molecular weight is 356 g/mol. The van der Waals surface area contributed by atoms with E-state index in [0.29, 0.717) is 16.2 Å². The molecule has 0 atom stereocenters. The lowest BCUT2D eigenvalue weighted by Gasteiger charge is -2.13. The summed E-state index contributed by atoms with van der Waals surface area (Å²) in [5.41, 5.74) is 10.2.